The lowest BCUT2D eigenvalue weighted by atomic mass is 9.91. The van der Waals surface area contributed by atoms with Crippen molar-refractivity contribution in [2.24, 2.45) is 15.9 Å². The van der Waals surface area contributed by atoms with Gasteiger partial charge in [-0.15, -0.1) is 0 Å². The minimum atomic E-state index is 0.512. The van der Waals surface area contributed by atoms with Crippen LogP contribution >= 0.6 is 0 Å². The van der Waals surface area contributed by atoms with Crippen molar-refractivity contribution in [2.75, 3.05) is 0 Å². The van der Waals surface area contributed by atoms with Crippen LogP contribution < -0.4 is 0 Å². The molecule has 0 fully saturated rings. The molecule has 0 aromatic heterocycles. The standard InChI is InChI=1S/C16H28N2/c1-5-9-11-13-15(12-10-6-2)16(18-8-4)14-17-7-3/h7-8,14-15H,3-6,9-13H2,1-2H3/b17-14-,18-16+. The van der Waals surface area contributed by atoms with E-state index in [4.69, 9.17) is 0 Å². The van der Waals surface area contributed by atoms with Gasteiger partial charge < -0.3 is 0 Å². The van der Waals surface area contributed by atoms with Gasteiger partial charge in [0.2, 0.25) is 0 Å². The summed E-state index contributed by atoms with van der Waals surface area (Å²) in [6, 6.07) is 0. The molecule has 0 saturated heterocycles. The molecule has 102 valence electrons. The molecule has 0 N–H and O–H groups in total. The average Bonchev–Trinajstić information content (AvgIpc) is 2.39. The highest BCUT2D eigenvalue weighted by atomic mass is 14.8. The maximum Gasteiger partial charge on any atom is 0.0616 e. The molecule has 0 aromatic rings. The van der Waals surface area contributed by atoms with E-state index in [0.717, 1.165) is 5.71 Å². The first-order valence-electron chi connectivity index (χ1n) is 7.12. The predicted octanol–water partition coefficient (Wildman–Crippen LogP) is 5.17. The first kappa shape index (κ1) is 16.8. The maximum atomic E-state index is 4.38. The lowest BCUT2D eigenvalue weighted by molar-refractivity contribution is 0.515. The number of hydrogen-bond acceptors (Lipinski definition) is 2. The van der Waals surface area contributed by atoms with E-state index in [1.807, 2.05) is 6.21 Å². The Bertz CT molecular complexity index is 277. The quantitative estimate of drug-likeness (QED) is 0.356. The second-order valence-corrected chi connectivity index (χ2v) is 4.53. The summed E-state index contributed by atoms with van der Waals surface area (Å²) < 4.78 is 0. The molecule has 0 heterocycles. The summed E-state index contributed by atoms with van der Waals surface area (Å²) in [5.74, 6) is 0.512. The minimum absolute atomic E-state index is 0.512. The number of rotatable bonds is 11. The average molecular weight is 248 g/mol. The van der Waals surface area contributed by atoms with Gasteiger partial charge in [-0.25, -0.2) is 0 Å². The van der Waals surface area contributed by atoms with E-state index in [1.165, 1.54) is 44.9 Å². The van der Waals surface area contributed by atoms with Crippen LogP contribution in [0.3, 0.4) is 0 Å². The molecule has 1 atom stereocenters. The van der Waals surface area contributed by atoms with E-state index in [0.29, 0.717) is 5.92 Å². The van der Waals surface area contributed by atoms with Gasteiger partial charge in [-0.1, -0.05) is 59.1 Å². The van der Waals surface area contributed by atoms with E-state index in [9.17, 15) is 0 Å². The lowest BCUT2D eigenvalue weighted by Gasteiger charge is -2.16. The summed E-state index contributed by atoms with van der Waals surface area (Å²) >= 11 is 0. The summed E-state index contributed by atoms with van der Waals surface area (Å²) in [6.07, 6.45) is 13.7. The highest BCUT2D eigenvalue weighted by Crippen LogP contribution is 2.18. The molecule has 18 heavy (non-hydrogen) atoms. The fourth-order valence-corrected chi connectivity index (χ4v) is 2.01. The fourth-order valence-electron chi connectivity index (χ4n) is 2.01. The molecule has 0 spiro atoms. The topological polar surface area (TPSA) is 24.7 Å². The number of hydrogen-bond donors (Lipinski definition) is 0. The van der Waals surface area contributed by atoms with Crippen molar-refractivity contribution < 1.29 is 0 Å². The van der Waals surface area contributed by atoms with Crippen molar-refractivity contribution in [1.29, 1.82) is 0 Å². The maximum absolute atomic E-state index is 4.38. The summed E-state index contributed by atoms with van der Waals surface area (Å²) in [5.41, 5.74) is 1.05. The lowest BCUT2D eigenvalue weighted by Crippen LogP contribution is -2.16. The van der Waals surface area contributed by atoms with E-state index in [1.54, 1.807) is 12.4 Å². The molecular formula is C16H28N2. The van der Waals surface area contributed by atoms with Gasteiger partial charge >= 0.3 is 0 Å². The molecule has 0 aliphatic rings. The molecule has 0 rings (SSSR count). The first-order valence-corrected chi connectivity index (χ1v) is 7.12. The van der Waals surface area contributed by atoms with E-state index in [-0.39, 0.29) is 0 Å². The molecule has 0 saturated carbocycles. The SMILES string of the molecule is C=C/N=C\C(=N/C=C)C(CCCC)CCCCC. The highest BCUT2D eigenvalue weighted by molar-refractivity contribution is 6.31. The molecule has 0 radical (unpaired) electrons. The molecule has 0 bridgehead atoms. The second kappa shape index (κ2) is 12.3. The second-order valence-electron chi connectivity index (χ2n) is 4.53. The summed E-state index contributed by atoms with van der Waals surface area (Å²) in [7, 11) is 0. The number of unbranched alkanes of at least 4 members (excludes halogenated alkanes) is 3. The number of nitrogens with zero attached hydrogens (tertiary/aromatic N) is 2. The molecule has 2 nitrogen and oxygen atoms in total. The van der Waals surface area contributed by atoms with Crippen LogP contribution in [-0.4, -0.2) is 11.9 Å². The minimum Gasteiger partial charge on any atom is -0.263 e. The predicted molar refractivity (Wildman–Crippen MR) is 83.5 cm³/mol. The third kappa shape index (κ3) is 7.99. The van der Waals surface area contributed by atoms with Crippen molar-refractivity contribution >= 4 is 11.9 Å². The molecule has 0 amide bonds. The molecule has 0 aromatic carbocycles. The Morgan fingerprint density at radius 3 is 2.22 bits per heavy atom. The van der Waals surface area contributed by atoms with Crippen molar-refractivity contribution in [3.8, 4) is 0 Å². The Morgan fingerprint density at radius 2 is 1.67 bits per heavy atom. The van der Waals surface area contributed by atoms with Gasteiger partial charge in [0.05, 0.1) is 5.71 Å². The first-order chi connectivity index (χ1) is 8.79. The monoisotopic (exact) mass is 248 g/mol. The fraction of sp³-hybridized carbons (Fsp3) is 0.625. The van der Waals surface area contributed by atoms with Crippen molar-refractivity contribution in [3.05, 3.63) is 25.6 Å². The van der Waals surface area contributed by atoms with Gasteiger partial charge in [0.1, 0.15) is 0 Å². The molecule has 1 unspecified atom stereocenters. The van der Waals surface area contributed by atoms with Gasteiger partial charge in [-0.2, -0.15) is 0 Å². The summed E-state index contributed by atoms with van der Waals surface area (Å²) in [4.78, 5) is 8.49. The van der Waals surface area contributed by atoms with E-state index < -0.39 is 0 Å². The van der Waals surface area contributed by atoms with Crippen molar-refractivity contribution in [2.45, 2.75) is 58.8 Å². The van der Waals surface area contributed by atoms with Crippen LogP contribution in [0.4, 0.5) is 0 Å². The highest BCUT2D eigenvalue weighted by Gasteiger charge is 2.13. The summed E-state index contributed by atoms with van der Waals surface area (Å²) in [6.45, 7) is 11.8. The Morgan fingerprint density at radius 1 is 1.00 bits per heavy atom. The van der Waals surface area contributed by atoms with Crippen molar-refractivity contribution in [1.82, 2.24) is 0 Å². The third-order valence-corrected chi connectivity index (χ3v) is 3.03. The van der Waals surface area contributed by atoms with Crippen LogP contribution in [0.15, 0.2) is 35.5 Å². The summed E-state index contributed by atoms with van der Waals surface area (Å²) in [5, 5.41) is 0. The Balaban J connectivity index is 4.62. The van der Waals surface area contributed by atoms with E-state index >= 15 is 0 Å². The van der Waals surface area contributed by atoms with Gasteiger partial charge in [-0.3, -0.25) is 9.98 Å². The zero-order valence-electron chi connectivity index (χ0n) is 12.1. The largest absolute Gasteiger partial charge is 0.263 e. The Kier molecular flexibility index (Phi) is 11.5. The zero-order chi connectivity index (χ0) is 13.6. The number of aliphatic imine (C=N–C) groups is 2. The normalized spacial score (nSPS) is 13.8. The van der Waals surface area contributed by atoms with Crippen LogP contribution in [0, 0.1) is 5.92 Å². The third-order valence-electron chi connectivity index (χ3n) is 3.03. The van der Waals surface area contributed by atoms with Crippen LogP contribution in [0.25, 0.3) is 0 Å². The zero-order valence-corrected chi connectivity index (χ0v) is 12.1. The van der Waals surface area contributed by atoms with Crippen LogP contribution in [-0.2, 0) is 0 Å². The molecule has 0 aliphatic carbocycles. The van der Waals surface area contributed by atoms with Crippen LogP contribution in [0.2, 0.25) is 0 Å². The van der Waals surface area contributed by atoms with Gasteiger partial charge in [0, 0.05) is 24.5 Å². The van der Waals surface area contributed by atoms with Crippen LogP contribution in [0.5, 0.6) is 0 Å². The van der Waals surface area contributed by atoms with Crippen molar-refractivity contribution in [3.63, 3.8) is 0 Å². The van der Waals surface area contributed by atoms with E-state index in [2.05, 4.69) is 37.0 Å². The molecule has 0 aliphatic heterocycles. The molecular weight excluding hydrogens is 220 g/mol. The van der Waals surface area contributed by atoms with Crippen LogP contribution in [0.1, 0.15) is 58.8 Å². The van der Waals surface area contributed by atoms with Gasteiger partial charge in [0.15, 0.2) is 0 Å². The smallest absolute Gasteiger partial charge is 0.0616 e. The Hall–Kier alpha value is -1.18. The van der Waals surface area contributed by atoms with Gasteiger partial charge in [-0.05, 0) is 12.8 Å². The molecule has 2 heteroatoms. The Labute approximate surface area is 113 Å². The van der Waals surface area contributed by atoms with Gasteiger partial charge in [0.25, 0.3) is 0 Å².